The van der Waals surface area contributed by atoms with Crippen LogP contribution in [0.1, 0.15) is 38.2 Å². The normalized spacial score (nSPS) is 29.2. The fraction of sp³-hybridized carbons (Fsp3) is 0.421. The average Bonchev–Trinajstić information content (AvgIpc) is 2.78. The maximum atomic E-state index is 10.4. The lowest BCUT2D eigenvalue weighted by molar-refractivity contribution is 0.0200. The second-order valence-electron chi connectivity index (χ2n) is 6.99. The van der Waals surface area contributed by atoms with Crippen molar-refractivity contribution in [3.05, 3.63) is 42.0 Å². The molecule has 120 valence electrons. The second kappa shape index (κ2) is 5.70. The molecule has 23 heavy (non-hydrogen) atoms. The molecule has 1 N–H and O–H groups in total. The zero-order valence-corrected chi connectivity index (χ0v) is 14.0. The van der Waals surface area contributed by atoms with Crippen LogP contribution in [0.5, 0.6) is 0 Å². The van der Waals surface area contributed by atoms with Gasteiger partial charge >= 0.3 is 0 Å². The zero-order chi connectivity index (χ0) is 15.3. The van der Waals surface area contributed by atoms with Gasteiger partial charge in [-0.1, -0.05) is 24.3 Å². The number of benzene rings is 2. The molecule has 2 fully saturated rings. The minimum absolute atomic E-state index is 0. The standard InChI is InChI=1S/C19H20N2O.ClH/c1-19(22)10-14-7-8-15(11-19)21(14)18-9-6-13(12-20)16-4-2-3-5-17(16)18;/h2-6,9,14-15,22H,7-8,10-11H2,1H3;1H. The van der Waals surface area contributed by atoms with Gasteiger partial charge in [0.05, 0.1) is 17.2 Å². The van der Waals surface area contributed by atoms with Gasteiger partial charge in [0.15, 0.2) is 0 Å². The van der Waals surface area contributed by atoms with Crippen molar-refractivity contribution >= 4 is 28.9 Å². The van der Waals surface area contributed by atoms with Gasteiger partial charge < -0.3 is 10.0 Å². The summed E-state index contributed by atoms with van der Waals surface area (Å²) in [4.78, 5) is 2.50. The van der Waals surface area contributed by atoms with Crippen LogP contribution in [0, 0.1) is 11.3 Å². The van der Waals surface area contributed by atoms with Crippen molar-refractivity contribution in [3.63, 3.8) is 0 Å². The van der Waals surface area contributed by atoms with E-state index in [2.05, 4.69) is 23.1 Å². The van der Waals surface area contributed by atoms with Gasteiger partial charge in [0, 0.05) is 28.5 Å². The summed E-state index contributed by atoms with van der Waals surface area (Å²) in [5.74, 6) is 0. The Balaban J connectivity index is 0.00000156. The Morgan fingerprint density at radius 2 is 1.70 bits per heavy atom. The smallest absolute Gasteiger partial charge is 0.0998 e. The first-order valence-electron chi connectivity index (χ1n) is 8.02. The van der Waals surface area contributed by atoms with Crippen LogP contribution in [0.15, 0.2) is 36.4 Å². The van der Waals surface area contributed by atoms with Crippen molar-refractivity contribution in [2.45, 2.75) is 50.3 Å². The molecule has 4 heteroatoms. The predicted molar refractivity (Wildman–Crippen MR) is 95.1 cm³/mol. The Labute approximate surface area is 142 Å². The topological polar surface area (TPSA) is 47.3 Å². The van der Waals surface area contributed by atoms with E-state index in [0.29, 0.717) is 12.1 Å². The number of piperidine rings is 1. The van der Waals surface area contributed by atoms with Crippen molar-refractivity contribution in [2.75, 3.05) is 4.90 Å². The molecule has 4 rings (SSSR count). The highest BCUT2D eigenvalue weighted by Crippen LogP contribution is 2.45. The number of anilines is 1. The van der Waals surface area contributed by atoms with Gasteiger partial charge in [0.1, 0.15) is 0 Å². The molecule has 0 amide bonds. The van der Waals surface area contributed by atoms with E-state index in [1.165, 1.54) is 5.69 Å². The van der Waals surface area contributed by atoms with Crippen LogP contribution in [0.3, 0.4) is 0 Å². The van der Waals surface area contributed by atoms with Crippen molar-refractivity contribution in [3.8, 4) is 6.07 Å². The van der Waals surface area contributed by atoms with Gasteiger partial charge in [-0.3, -0.25) is 0 Å². The van der Waals surface area contributed by atoms with E-state index < -0.39 is 5.60 Å². The van der Waals surface area contributed by atoms with Crippen LogP contribution in [0.25, 0.3) is 10.8 Å². The number of aliphatic hydroxyl groups is 1. The van der Waals surface area contributed by atoms with Gasteiger partial charge in [-0.2, -0.15) is 5.26 Å². The Kier molecular flexibility index (Phi) is 4.00. The summed E-state index contributed by atoms with van der Waals surface area (Å²) in [6, 6.07) is 15.3. The van der Waals surface area contributed by atoms with Crippen LogP contribution in [-0.4, -0.2) is 22.8 Å². The van der Waals surface area contributed by atoms with E-state index in [0.717, 1.165) is 42.0 Å². The summed E-state index contributed by atoms with van der Waals surface area (Å²) in [6.45, 7) is 1.96. The maximum absolute atomic E-state index is 10.4. The van der Waals surface area contributed by atoms with E-state index >= 15 is 0 Å². The molecule has 0 aromatic heterocycles. The number of halogens is 1. The molecule has 2 unspecified atom stereocenters. The molecule has 0 saturated carbocycles. The van der Waals surface area contributed by atoms with Crippen LogP contribution < -0.4 is 4.90 Å². The molecule has 2 heterocycles. The summed E-state index contributed by atoms with van der Waals surface area (Å²) >= 11 is 0. The predicted octanol–water partition coefficient (Wildman–Crippen LogP) is 4.02. The summed E-state index contributed by atoms with van der Waals surface area (Å²) in [5.41, 5.74) is 1.42. The number of hydrogen-bond acceptors (Lipinski definition) is 3. The monoisotopic (exact) mass is 328 g/mol. The minimum Gasteiger partial charge on any atom is -0.390 e. The molecule has 2 saturated heterocycles. The van der Waals surface area contributed by atoms with Crippen LogP contribution in [-0.2, 0) is 0 Å². The van der Waals surface area contributed by atoms with Crippen LogP contribution in [0.2, 0.25) is 0 Å². The third-order valence-electron chi connectivity index (χ3n) is 5.27. The fourth-order valence-electron chi connectivity index (χ4n) is 4.46. The molecule has 2 aliphatic heterocycles. The zero-order valence-electron chi connectivity index (χ0n) is 13.2. The third-order valence-corrected chi connectivity index (χ3v) is 5.27. The van der Waals surface area contributed by atoms with Crippen LogP contribution >= 0.6 is 12.4 Å². The highest BCUT2D eigenvalue weighted by atomic mass is 35.5. The Bertz CT molecular complexity index is 765. The number of fused-ring (bicyclic) bond motifs is 3. The van der Waals surface area contributed by atoms with Crippen molar-refractivity contribution in [2.24, 2.45) is 0 Å². The highest BCUT2D eigenvalue weighted by molar-refractivity contribution is 5.98. The number of nitriles is 1. The van der Waals surface area contributed by atoms with Gasteiger partial charge in [-0.05, 0) is 44.7 Å². The molecular weight excluding hydrogens is 308 g/mol. The molecule has 2 aromatic rings. The van der Waals surface area contributed by atoms with Crippen molar-refractivity contribution in [1.82, 2.24) is 0 Å². The average molecular weight is 329 g/mol. The largest absolute Gasteiger partial charge is 0.390 e. The molecule has 2 bridgehead atoms. The molecule has 0 aliphatic carbocycles. The lowest BCUT2D eigenvalue weighted by atomic mass is 9.87. The third kappa shape index (κ3) is 2.56. The molecular formula is C19H21ClN2O. The lowest BCUT2D eigenvalue weighted by Crippen LogP contribution is -2.49. The van der Waals surface area contributed by atoms with Crippen LogP contribution in [0.4, 0.5) is 5.69 Å². The first-order chi connectivity index (χ1) is 10.6. The molecule has 2 aromatic carbocycles. The Hall–Kier alpha value is -1.76. The summed E-state index contributed by atoms with van der Waals surface area (Å²) in [5, 5.41) is 22.0. The first-order valence-corrected chi connectivity index (χ1v) is 8.02. The van der Waals surface area contributed by atoms with Crippen molar-refractivity contribution in [1.29, 1.82) is 5.26 Å². The van der Waals surface area contributed by atoms with E-state index in [-0.39, 0.29) is 12.4 Å². The lowest BCUT2D eigenvalue weighted by Gasteiger charge is -2.44. The molecule has 2 atom stereocenters. The number of nitrogens with zero attached hydrogens (tertiary/aromatic N) is 2. The van der Waals surface area contributed by atoms with E-state index in [4.69, 9.17) is 0 Å². The Morgan fingerprint density at radius 3 is 2.30 bits per heavy atom. The SMILES string of the molecule is CC1(O)CC2CCC(C1)N2c1ccc(C#N)c2ccccc12.Cl. The maximum Gasteiger partial charge on any atom is 0.0998 e. The van der Waals surface area contributed by atoms with Gasteiger partial charge in [0.2, 0.25) is 0 Å². The minimum atomic E-state index is -0.537. The summed E-state index contributed by atoms with van der Waals surface area (Å²) < 4.78 is 0. The fourth-order valence-corrected chi connectivity index (χ4v) is 4.46. The molecule has 0 spiro atoms. The number of rotatable bonds is 1. The molecule has 2 aliphatic rings. The summed E-state index contributed by atoms with van der Waals surface area (Å²) in [6.07, 6.45) is 3.96. The molecule has 0 radical (unpaired) electrons. The van der Waals surface area contributed by atoms with E-state index in [1.54, 1.807) is 0 Å². The van der Waals surface area contributed by atoms with E-state index in [9.17, 15) is 10.4 Å². The van der Waals surface area contributed by atoms with Gasteiger partial charge in [-0.25, -0.2) is 0 Å². The first kappa shape index (κ1) is 16.1. The van der Waals surface area contributed by atoms with Gasteiger partial charge in [-0.15, -0.1) is 12.4 Å². The Morgan fingerprint density at radius 1 is 1.09 bits per heavy atom. The summed E-state index contributed by atoms with van der Waals surface area (Å²) in [7, 11) is 0. The quantitative estimate of drug-likeness (QED) is 0.860. The van der Waals surface area contributed by atoms with E-state index in [1.807, 2.05) is 31.2 Å². The van der Waals surface area contributed by atoms with Crippen molar-refractivity contribution < 1.29 is 5.11 Å². The number of hydrogen-bond donors (Lipinski definition) is 1. The highest BCUT2D eigenvalue weighted by Gasteiger charge is 2.45. The second-order valence-corrected chi connectivity index (χ2v) is 6.99. The molecule has 3 nitrogen and oxygen atoms in total. The van der Waals surface area contributed by atoms with Gasteiger partial charge in [0.25, 0.3) is 0 Å².